The van der Waals surface area contributed by atoms with Crippen molar-refractivity contribution in [3.8, 4) is 89.3 Å². The van der Waals surface area contributed by atoms with Crippen LogP contribution in [-0.4, -0.2) is 13.2 Å². The molecule has 0 aliphatic rings. The number of anilines is 1. The van der Waals surface area contributed by atoms with Crippen LogP contribution < -0.4 is 9.64 Å². The molecule has 0 saturated carbocycles. The molecule has 3 aromatic rings. The molecule has 2 atom stereocenters. The lowest BCUT2D eigenvalue weighted by Crippen LogP contribution is -2.25. The molecule has 3 rings (SSSR count). The van der Waals surface area contributed by atoms with Gasteiger partial charge in [-0.25, -0.2) is 0 Å². The minimum absolute atomic E-state index is 0. The Morgan fingerprint density at radius 1 is 0.614 bits per heavy atom. The van der Waals surface area contributed by atoms with Crippen LogP contribution in [0.1, 0.15) is 113 Å². The maximum absolute atomic E-state index is 6.47. The molecule has 0 aliphatic heterocycles. The summed E-state index contributed by atoms with van der Waals surface area (Å²) in [6, 6.07) is 21.3. The molecule has 6 nitrogen and oxygen atoms in total. The Kier molecular flexibility index (Phi) is 20.6. The van der Waals surface area contributed by atoms with Crippen LogP contribution in [0.5, 0.6) is 5.75 Å². The number of unbranched alkanes of at least 4 members (excludes halogenated alkanes) is 2. The number of rotatable bonds is 18. The van der Waals surface area contributed by atoms with Gasteiger partial charge in [0.1, 0.15) is 11.4 Å². The summed E-state index contributed by atoms with van der Waals surface area (Å²) < 4.78 is 6.47. The van der Waals surface area contributed by atoms with Gasteiger partial charge in [0.2, 0.25) is 0 Å². The van der Waals surface area contributed by atoms with Gasteiger partial charge in [0.05, 0.1) is 23.7 Å². The zero-order valence-corrected chi connectivity index (χ0v) is 34.6. The molecule has 0 spiro atoms. The Hall–Kier alpha value is -6.62. The minimum Gasteiger partial charge on any atom is -0.491 e. The molecule has 57 heavy (non-hydrogen) atoms. The highest BCUT2D eigenvalue weighted by Gasteiger charge is 2.15. The number of aryl methyl sites for hydroxylation is 3. The van der Waals surface area contributed by atoms with E-state index in [1.165, 1.54) is 18.4 Å². The first-order chi connectivity index (χ1) is 27.8. The zero-order chi connectivity index (χ0) is 41.1. The van der Waals surface area contributed by atoms with Crippen molar-refractivity contribution in [2.45, 2.75) is 99.8 Å². The second kappa shape index (κ2) is 26.2. The Morgan fingerprint density at radius 2 is 1.18 bits per heavy atom. The molecular weight excluding hydrogens is 699 g/mol. The first-order valence-electron chi connectivity index (χ1n) is 19.8. The lowest BCUT2D eigenvalue weighted by Gasteiger charge is -2.24. The third-order valence-electron chi connectivity index (χ3n) is 9.23. The van der Waals surface area contributed by atoms with Crippen molar-refractivity contribution >= 4 is 28.4 Å². The van der Waals surface area contributed by atoms with Gasteiger partial charge in [-0.3, -0.25) is 0 Å². The molecule has 0 radical (unpaired) electrons. The van der Waals surface area contributed by atoms with E-state index in [9.17, 15) is 0 Å². The molecule has 0 aromatic heterocycles. The average molecular weight is 776 g/mol. The monoisotopic (exact) mass is 776 g/mol. The van der Waals surface area contributed by atoms with Gasteiger partial charge in [-0.05, 0) is 128 Å². The number of azo groups is 2. The van der Waals surface area contributed by atoms with Gasteiger partial charge >= 0.3 is 0 Å². The Bertz CT molecular complexity index is 2320. The summed E-state index contributed by atoms with van der Waals surface area (Å²) in [5.74, 6) is 32.8. The number of ether oxygens (including phenoxy) is 1. The van der Waals surface area contributed by atoms with Crippen LogP contribution in [-0.2, 0) is 0 Å². The van der Waals surface area contributed by atoms with E-state index in [0.717, 1.165) is 78.9 Å². The van der Waals surface area contributed by atoms with Crippen molar-refractivity contribution in [3.63, 3.8) is 0 Å². The predicted octanol–water partition coefficient (Wildman–Crippen LogP) is 15.6. The van der Waals surface area contributed by atoms with Crippen molar-refractivity contribution in [1.82, 2.24) is 0 Å². The summed E-state index contributed by atoms with van der Waals surface area (Å²) in [5, 5.41) is 18.5. The number of benzene rings is 3. The Balaban J connectivity index is -0.000000363. The van der Waals surface area contributed by atoms with Gasteiger partial charge in [0.25, 0.3) is 0 Å². The van der Waals surface area contributed by atoms with Gasteiger partial charge in [-0.1, -0.05) is 83.9 Å². The van der Waals surface area contributed by atoms with Crippen molar-refractivity contribution in [2.24, 2.45) is 32.3 Å². The largest absolute Gasteiger partial charge is 0.491 e. The fourth-order valence-electron chi connectivity index (χ4n) is 5.62. The summed E-state index contributed by atoms with van der Waals surface area (Å²) in [4.78, 5) is 2.08. The summed E-state index contributed by atoms with van der Waals surface area (Å²) in [7, 11) is 0. The van der Waals surface area contributed by atoms with E-state index in [0.29, 0.717) is 29.9 Å². The quantitative estimate of drug-likeness (QED) is 0.0734. The Morgan fingerprint density at radius 3 is 1.77 bits per heavy atom. The SMILES string of the molecule is C#CC#CC#CC#CC#CC#CC#CN(CC(CC)CCCC)c1ccc(N=Nc2cc(C)c(N=Nc3ccc(C)cc3)cc2OCC(CC)CCCC)c(C)c1.[HH].[HH].[HH].[HH].[HH].[HH].[HH].[HH].[HH].[HH].[HH].[HH]. The van der Waals surface area contributed by atoms with E-state index in [-0.39, 0.29) is 17.1 Å². The fraction of sp³-hybridized carbons (Fsp3) is 0.373. The molecule has 2 unspecified atom stereocenters. The number of hydrogen-bond donors (Lipinski definition) is 0. The third-order valence-corrected chi connectivity index (χ3v) is 9.23. The summed E-state index contributed by atoms with van der Waals surface area (Å²) in [6.45, 7) is 16.4. The zero-order valence-electron chi connectivity index (χ0n) is 34.6. The maximum atomic E-state index is 6.47. The second-order valence-electron chi connectivity index (χ2n) is 13.7. The second-order valence-corrected chi connectivity index (χ2v) is 13.7. The van der Waals surface area contributed by atoms with Crippen LogP contribution in [0.3, 0.4) is 0 Å². The minimum atomic E-state index is 0. The molecule has 6 heteroatoms. The lowest BCUT2D eigenvalue weighted by atomic mass is 9.98. The van der Waals surface area contributed by atoms with Gasteiger partial charge in [-0.15, -0.1) is 11.5 Å². The van der Waals surface area contributed by atoms with E-state index in [4.69, 9.17) is 21.4 Å². The predicted molar refractivity (Wildman–Crippen MR) is 262 cm³/mol. The van der Waals surface area contributed by atoms with E-state index < -0.39 is 0 Å². The average Bonchev–Trinajstić information content (AvgIpc) is 3.22. The van der Waals surface area contributed by atoms with Crippen molar-refractivity contribution < 1.29 is 21.9 Å². The molecule has 0 fully saturated rings. The van der Waals surface area contributed by atoms with Crippen LogP contribution in [0, 0.1) is 116 Å². The van der Waals surface area contributed by atoms with E-state index in [1.807, 2.05) is 62.4 Å². The van der Waals surface area contributed by atoms with Crippen molar-refractivity contribution in [1.29, 1.82) is 0 Å². The highest BCUT2D eigenvalue weighted by Crippen LogP contribution is 2.38. The number of nitrogens with zero attached hydrogens (tertiary/aromatic N) is 5. The molecule has 0 amide bonds. The van der Waals surface area contributed by atoms with Crippen LogP contribution in [0.15, 0.2) is 75.1 Å². The fourth-order valence-corrected chi connectivity index (χ4v) is 5.62. The van der Waals surface area contributed by atoms with Gasteiger partial charge in [-0.2, -0.15) is 15.3 Å². The molecule has 0 bridgehead atoms. The first-order valence-corrected chi connectivity index (χ1v) is 19.8. The molecule has 0 aliphatic carbocycles. The summed E-state index contributed by atoms with van der Waals surface area (Å²) in [6.07, 6.45) is 14.1. The molecular formula is C51H77N5O. The van der Waals surface area contributed by atoms with Gasteiger partial charge in [0, 0.05) is 77.0 Å². The summed E-state index contributed by atoms with van der Waals surface area (Å²) >= 11 is 0. The van der Waals surface area contributed by atoms with E-state index in [2.05, 4.69) is 133 Å². The normalized spacial score (nSPS) is 11.0. The Labute approximate surface area is 360 Å². The van der Waals surface area contributed by atoms with Crippen molar-refractivity contribution in [2.75, 3.05) is 18.1 Å². The van der Waals surface area contributed by atoms with Gasteiger partial charge < -0.3 is 9.64 Å². The third kappa shape index (κ3) is 16.7. The number of terminal acetylenes is 1. The molecule has 0 heterocycles. The number of hydrogen-bond acceptors (Lipinski definition) is 6. The highest BCUT2D eigenvalue weighted by atomic mass is 16.5. The molecule has 0 saturated heterocycles. The van der Waals surface area contributed by atoms with E-state index >= 15 is 0 Å². The summed E-state index contributed by atoms with van der Waals surface area (Å²) in [5.41, 5.74) is 6.99. The van der Waals surface area contributed by atoms with E-state index in [1.54, 1.807) is 0 Å². The topological polar surface area (TPSA) is 61.9 Å². The van der Waals surface area contributed by atoms with Crippen molar-refractivity contribution in [3.05, 3.63) is 71.3 Å². The van der Waals surface area contributed by atoms with Crippen LogP contribution in [0.2, 0.25) is 0 Å². The van der Waals surface area contributed by atoms with Gasteiger partial charge in [0.15, 0.2) is 0 Å². The molecule has 312 valence electrons. The smallest absolute Gasteiger partial charge is 0.149 e. The van der Waals surface area contributed by atoms with Crippen LogP contribution in [0.4, 0.5) is 28.4 Å². The molecule has 0 N–H and O–H groups in total. The highest BCUT2D eigenvalue weighted by molar-refractivity contribution is 5.64. The first kappa shape index (κ1) is 44.8. The lowest BCUT2D eigenvalue weighted by molar-refractivity contribution is 0.234. The maximum Gasteiger partial charge on any atom is 0.149 e. The molecule has 3 aromatic carbocycles. The van der Waals surface area contributed by atoms with Crippen LogP contribution >= 0.6 is 0 Å². The standard InChI is InChI=1S/C51H53N5O.12H2/c1-9-14-17-18-19-20-21-22-23-24-25-26-35-56(39-44(12-4)27-15-10-2)47-33-34-48(42(7)36-47)53-55-50-37-43(8)49(54-52-46-31-29-41(6)30-32-46)38-51(50)57-40-45(13-5)28-16-11-3;;;;;;;;;;;;/h1,29-34,36-38,44-45H,10-13,15-16,27-28,39-40H2,2-8H3;12*1H. The van der Waals surface area contributed by atoms with Crippen LogP contribution in [0.25, 0.3) is 0 Å².